The van der Waals surface area contributed by atoms with Gasteiger partial charge in [0.2, 0.25) is 0 Å². The summed E-state index contributed by atoms with van der Waals surface area (Å²) < 4.78 is 0. The second-order valence-corrected chi connectivity index (χ2v) is 4.14. The zero-order chi connectivity index (χ0) is 9.52. The Morgan fingerprint density at radius 1 is 1.54 bits per heavy atom. The molecule has 2 nitrogen and oxygen atoms in total. The van der Waals surface area contributed by atoms with Gasteiger partial charge in [-0.3, -0.25) is 4.98 Å². The van der Waals surface area contributed by atoms with Gasteiger partial charge in [0.05, 0.1) is 5.51 Å². The van der Waals surface area contributed by atoms with Crippen LogP contribution in [0.2, 0.25) is 0 Å². The fourth-order valence-corrected chi connectivity index (χ4v) is 2.04. The summed E-state index contributed by atoms with van der Waals surface area (Å²) in [5.41, 5.74) is 1.91. The van der Waals surface area contributed by atoms with Crippen molar-refractivity contribution >= 4 is 11.3 Å². The molecule has 1 aromatic rings. The molecule has 3 heteroatoms. The smallest absolute Gasteiger partial charge is 0.0794 e. The van der Waals surface area contributed by atoms with Crippen LogP contribution in [0.1, 0.15) is 31.6 Å². The van der Waals surface area contributed by atoms with Crippen LogP contribution < -0.4 is 5.32 Å². The monoisotopic (exact) mass is 198 g/mol. The predicted octanol–water partition coefficient (Wildman–Crippen LogP) is 2.46. The molecule has 74 valence electrons. The molecule has 1 N–H and O–H groups in total. The molecule has 0 spiro atoms. The lowest BCUT2D eigenvalue weighted by Crippen LogP contribution is -2.28. The van der Waals surface area contributed by atoms with Gasteiger partial charge in [-0.25, -0.2) is 0 Å². The van der Waals surface area contributed by atoms with Crippen molar-refractivity contribution in [2.75, 3.05) is 6.54 Å². The lowest BCUT2D eigenvalue weighted by atomic mass is 10.1. The first-order valence-corrected chi connectivity index (χ1v) is 5.85. The van der Waals surface area contributed by atoms with Crippen molar-refractivity contribution in [1.29, 1.82) is 0 Å². The highest BCUT2D eigenvalue weighted by Gasteiger charge is 2.04. The van der Waals surface area contributed by atoms with E-state index in [0.29, 0.717) is 6.04 Å². The normalized spacial score (nSPS) is 13.1. The van der Waals surface area contributed by atoms with E-state index in [2.05, 4.69) is 24.1 Å². The number of nitrogens with one attached hydrogen (secondary N) is 1. The van der Waals surface area contributed by atoms with Gasteiger partial charge in [-0.05, 0) is 25.8 Å². The summed E-state index contributed by atoms with van der Waals surface area (Å²) >= 11 is 1.75. The number of aryl methyl sites for hydroxylation is 1. The average Bonchev–Trinajstić information content (AvgIpc) is 2.64. The fourth-order valence-electron chi connectivity index (χ4n) is 1.42. The Kier molecular flexibility index (Phi) is 5.01. The van der Waals surface area contributed by atoms with Gasteiger partial charge in [0.1, 0.15) is 0 Å². The quantitative estimate of drug-likeness (QED) is 0.759. The topological polar surface area (TPSA) is 24.9 Å². The molecular weight excluding hydrogens is 180 g/mol. The number of thiazole rings is 1. The van der Waals surface area contributed by atoms with Crippen LogP contribution in [0.25, 0.3) is 0 Å². The molecule has 0 amide bonds. The van der Waals surface area contributed by atoms with E-state index in [-0.39, 0.29) is 0 Å². The zero-order valence-electron chi connectivity index (χ0n) is 8.42. The van der Waals surface area contributed by atoms with E-state index in [1.807, 2.05) is 11.7 Å². The van der Waals surface area contributed by atoms with Gasteiger partial charge in [-0.15, -0.1) is 11.3 Å². The van der Waals surface area contributed by atoms with Crippen LogP contribution >= 0.6 is 11.3 Å². The molecule has 0 radical (unpaired) electrons. The maximum Gasteiger partial charge on any atom is 0.0794 e. The van der Waals surface area contributed by atoms with E-state index in [1.54, 1.807) is 11.3 Å². The minimum Gasteiger partial charge on any atom is -0.314 e. The highest BCUT2D eigenvalue weighted by molar-refractivity contribution is 7.09. The number of rotatable bonds is 6. The minimum atomic E-state index is 0.673. The van der Waals surface area contributed by atoms with E-state index in [9.17, 15) is 0 Å². The summed E-state index contributed by atoms with van der Waals surface area (Å²) in [5, 5.41) is 3.48. The third-order valence-corrected chi connectivity index (χ3v) is 3.05. The van der Waals surface area contributed by atoms with E-state index >= 15 is 0 Å². The van der Waals surface area contributed by atoms with Gasteiger partial charge in [-0.1, -0.05) is 13.8 Å². The Morgan fingerprint density at radius 2 is 2.38 bits per heavy atom. The van der Waals surface area contributed by atoms with Gasteiger partial charge < -0.3 is 5.32 Å². The first kappa shape index (κ1) is 10.7. The Hall–Kier alpha value is -0.410. The van der Waals surface area contributed by atoms with E-state index in [4.69, 9.17) is 0 Å². The summed E-state index contributed by atoms with van der Waals surface area (Å²) in [6.45, 7) is 5.47. The molecule has 0 fully saturated rings. The number of aromatic nitrogens is 1. The molecule has 1 heterocycles. The summed E-state index contributed by atoms with van der Waals surface area (Å²) in [6.07, 6.45) is 5.58. The standard InChI is InChI=1S/C10H18N2S/c1-3-9(12-4-2)5-6-10-7-11-8-13-10/h7-9,12H,3-6H2,1-2H3. The Bertz CT molecular complexity index is 209. The summed E-state index contributed by atoms with van der Waals surface area (Å²) in [6, 6.07) is 0.673. The van der Waals surface area contributed by atoms with Gasteiger partial charge in [0.25, 0.3) is 0 Å². The second-order valence-electron chi connectivity index (χ2n) is 3.17. The van der Waals surface area contributed by atoms with E-state index in [1.165, 1.54) is 17.7 Å². The molecule has 0 bridgehead atoms. The van der Waals surface area contributed by atoms with Crippen molar-refractivity contribution in [3.8, 4) is 0 Å². The molecule has 1 unspecified atom stereocenters. The van der Waals surface area contributed by atoms with Gasteiger partial charge in [-0.2, -0.15) is 0 Å². The van der Waals surface area contributed by atoms with Crippen molar-refractivity contribution in [1.82, 2.24) is 10.3 Å². The van der Waals surface area contributed by atoms with Crippen LogP contribution in [-0.2, 0) is 6.42 Å². The predicted molar refractivity (Wildman–Crippen MR) is 58.2 cm³/mol. The minimum absolute atomic E-state index is 0.673. The molecule has 1 aromatic heterocycles. The molecule has 0 aliphatic carbocycles. The SMILES string of the molecule is CCNC(CC)CCc1cncs1. The molecule has 0 aliphatic heterocycles. The van der Waals surface area contributed by atoms with Crippen molar-refractivity contribution in [3.05, 3.63) is 16.6 Å². The molecule has 0 aliphatic rings. The van der Waals surface area contributed by atoms with Gasteiger partial charge in [0, 0.05) is 17.1 Å². The maximum absolute atomic E-state index is 4.07. The zero-order valence-corrected chi connectivity index (χ0v) is 9.23. The van der Waals surface area contributed by atoms with E-state index < -0.39 is 0 Å². The van der Waals surface area contributed by atoms with Gasteiger partial charge in [0.15, 0.2) is 0 Å². The number of hydrogen-bond donors (Lipinski definition) is 1. The Morgan fingerprint density at radius 3 is 2.92 bits per heavy atom. The van der Waals surface area contributed by atoms with Crippen molar-refractivity contribution in [2.24, 2.45) is 0 Å². The maximum atomic E-state index is 4.07. The van der Waals surface area contributed by atoms with Crippen LogP contribution in [0.3, 0.4) is 0 Å². The lowest BCUT2D eigenvalue weighted by Gasteiger charge is -2.14. The van der Waals surface area contributed by atoms with Crippen molar-refractivity contribution < 1.29 is 0 Å². The lowest BCUT2D eigenvalue weighted by molar-refractivity contribution is 0.482. The molecule has 1 atom stereocenters. The van der Waals surface area contributed by atoms with Crippen LogP contribution in [-0.4, -0.2) is 17.6 Å². The van der Waals surface area contributed by atoms with E-state index in [0.717, 1.165) is 13.0 Å². The number of nitrogens with zero attached hydrogens (tertiary/aromatic N) is 1. The molecule has 0 saturated carbocycles. The molecule has 0 saturated heterocycles. The van der Waals surface area contributed by atoms with Crippen LogP contribution in [0.15, 0.2) is 11.7 Å². The van der Waals surface area contributed by atoms with Crippen LogP contribution in [0.5, 0.6) is 0 Å². The second kappa shape index (κ2) is 6.11. The Balaban J connectivity index is 2.23. The molecule has 1 rings (SSSR count). The molecule has 0 aromatic carbocycles. The summed E-state index contributed by atoms with van der Waals surface area (Å²) in [7, 11) is 0. The summed E-state index contributed by atoms with van der Waals surface area (Å²) in [5.74, 6) is 0. The first-order chi connectivity index (χ1) is 6.36. The highest BCUT2D eigenvalue weighted by Crippen LogP contribution is 2.10. The largest absolute Gasteiger partial charge is 0.314 e. The number of hydrogen-bond acceptors (Lipinski definition) is 3. The van der Waals surface area contributed by atoms with Gasteiger partial charge >= 0.3 is 0 Å². The Labute approximate surface area is 84.4 Å². The first-order valence-electron chi connectivity index (χ1n) is 4.97. The van der Waals surface area contributed by atoms with Crippen molar-refractivity contribution in [2.45, 2.75) is 39.2 Å². The third kappa shape index (κ3) is 3.87. The molecule has 13 heavy (non-hydrogen) atoms. The fraction of sp³-hybridized carbons (Fsp3) is 0.700. The third-order valence-electron chi connectivity index (χ3n) is 2.21. The van der Waals surface area contributed by atoms with Crippen LogP contribution in [0.4, 0.5) is 0 Å². The highest BCUT2D eigenvalue weighted by atomic mass is 32.1. The van der Waals surface area contributed by atoms with Crippen molar-refractivity contribution in [3.63, 3.8) is 0 Å². The average molecular weight is 198 g/mol. The molecular formula is C10H18N2S. The van der Waals surface area contributed by atoms with Crippen LogP contribution in [0, 0.1) is 0 Å². The summed E-state index contributed by atoms with van der Waals surface area (Å²) in [4.78, 5) is 5.47.